The lowest BCUT2D eigenvalue weighted by molar-refractivity contribution is 0.102. The van der Waals surface area contributed by atoms with Gasteiger partial charge >= 0.3 is 0 Å². The van der Waals surface area contributed by atoms with Gasteiger partial charge in [0, 0.05) is 31.3 Å². The maximum atomic E-state index is 12.4. The minimum absolute atomic E-state index is 0.303. The molecule has 0 saturated carbocycles. The highest BCUT2D eigenvalue weighted by molar-refractivity contribution is 6.44. The third kappa shape index (κ3) is 4.47. The van der Waals surface area contributed by atoms with Crippen LogP contribution in [0.4, 0.5) is 11.4 Å². The molecule has 2 heterocycles. The van der Waals surface area contributed by atoms with E-state index in [9.17, 15) is 4.79 Å². The largest absolute Gasteiger partial charge is 0.380 e. The van der Waals surface area contributed by atoms with Crippen LogP contribution >= 0.6 is 23.2 Å². The van der Waals surface area contributed by atoms with Crippen molar-refractivity contribution in [2.24, 2.45) is 0 Å². The van der Waals surface area contributed by atoms with Crippen LogP contribution in [-0.2, 0) is 6.54 Å². The fourth-order valence-corrected chi connectivity index (χ4v) is 2.51. The Morgan fingerprint density at radius 3 is 2.64 bits per heavy atom. The zero-order chi connectivity index (χ0) is 17.6. The number of rotatable bonds is 5. The van der Waals surface area contributed by atoms with Crippen LogP contribution in [0.3, 0.4) is 0 Å². The summed E-state index contributed by atoms with van der Waals surface area (Å²) in [6.07, 6.45) is 6.61. The number of aromatic nitrogens is 2. The van der Waals surface area contributed by atoms with Crippen molar-refractivity contribution < 1.29 is 4.79 Å². The van der Waals surface area contributed by atoms with Gasteiger partial charge in [-0.25, -0.2) is 0 Å². The molecule has 7 heteroatoms. The van der Waals surface area contributed by atoms with Crippen molar-refractivity contribution in [3.8, 4) is 0 Å². The lowest BCUT2D eigenvalue weighted by Gasteiger charge is -2.10. The van der Waals surface area contributed by atoms with E-state index in [0.717, 1.165) is 11.3 Å². The topological polar surface area (TPSA) is 66.9 Å². The number of halogens is 2. The molecule has 0 saturated heterocycles. The molecule has 2 N–H and O–H groups in total. The molecule has 126 valence electrons. The minimum atomic E-state index is -0.316. The Bertz CT molecular complexity index is 887. The van der Waals surface area contributed by atoms with Crippen LogP contribution in [-0.4, -0.2) is 15.9 Å². The third-order valence-corrected chi connectivity index (χ3v) is 4.27. The van der Waals surface area contributed by atoms with Gasteiger partial charge in [-0.05, 0) is 35.9 Å². The van der Waals surface area contributed by atoms with Gasteiger partial charge in [-0.3, -0.25) is 14.8 Å². The van der Waals surface area contributed by atoms with Crippen LogP contribution < -0.4 is 10.6 Å². The molecule has 0 spiro atoms. The first-order valence-corrected chi connectivity index (χ1v) is 8.22. The molecule has 3 rings (SSSR count). The van der Waals surface area contributed by atoms with Crippen LogP contribution in [0.2, 0.25) is 10.0 Å². The second-order valence-electron chi connectivity index (χ2n) is 5.23. The predicted octanol–water partition coefficient (Wildman–Crippen LogP) is 4.65. The number of hydrogen-bond acceptors (Lipinski definition) is 4. The van der Waals surface area contributed by atoms with Crippen LogP contribution in [0.5, 0.6) is 0 Å². The molecule has 2 aromatic heterocycles. The van der Waals surface area contributed by atoms with Crippen molar-refractivity contribution in [2.45, 2.75) is 6.54 Å². The van der Waals surface area contributed by atoms with Gasteiger partial charge in [0.05, 0.1) is 27.0 Å². The van der Waals surface area contributed by atoms with Gasteiger partial charge in [0.25, 0.3) is 5.91 Å². The van der Waals surface area contributed by atoms with E-state index in [0.29, 0.717) is 27.8 Å². The van der Waals surface area contributed by atoms with Crippen LogP contribution in [0, 0.1) is 0 Å². The lowest BCUT2D eigenvalue weighted by Crippen LogP contribution is -2.13. The van der Waals surface area contributed by atoms with Crippen LogP contribution in [0.1, 0.15) is 15.9 Å². The van der Waals surface area contributed by atoms with E-state index in [1.54, 1.807) is 42.9 Å². The molecule has 0 aliphatic heterocycles. The second kappa shape index (κ2) is 7.96. The molecule has 3 aromatic rings. The van der Waals surface area contributed by atoms with Crippen molar-refractivity contribution in [3.63, 3.8) is 0 Å². The second-order valence-corrected chi connectivity index (χ2v) is 6.01. The molecule has 0 radical (unpaired) electrons. The van der Waals surface area contributed by atoms with Gasteiger partial charge in [-0.15, -0.1) is 0 Å². The molecular weight excluding hydrogens is 359 g/mol. The number of amides is 1. The molecular formula is C18H14Cl2N4O. The summed E-state index contributed by atoms with van der Waals surface area (Å²) >= 11 is 12.1. The summed E-state index contributed by atoms with van der Waals surface area (Å²) in [5, 5.41) is 6.64. The third-order valence-electron chi connectivity index (χ3n) is 3.45. The summed E-state index contributed by atoms with van der Waals surface area (Å²) in [4.78, 5) is 20.5. The van der Waals surface area contributed by atoms with Crippen molar-refractivity contribution in [1.29, 1.82) is 0 Å². The van der Waals surface area contributed by atoms with Crippen molar-refractivity contribution in [3.05, 3.63) is 82.4 Å². The number of benzene rings is 1. The lowest BCUT2D eigenvalue weighted by atomic mass is 10.2. The zero-order valence-corrected chi connectivity index (χ0v) is 14.6. The van der Waals surface area contributed by atoms with E-state index in [1.165, 1.54) is 6.20 Å². The van der Waals surface area contributed by atoms with Gasteiger partial charge in [0.15, 0.2) is 0 Å². The van der Waals surface area contributed by atoms with Gasteiger partial charge in [0.2, 0.25) is 0 Å². The normalized spacial score (nSPS) is 10.3. The van der Waals surface area contributed by atoms with Crippen molar-refractivity contribution in [2.75, 3.05) is 10.6 Å². The predicted molar refractivity (Wildman–Crippen MR) is 100 cm³/mol. The molecule has 0 unspecified atom stereocenters. The van der Waals surface area contributed by atoms with E-state index in [-0.39, 0.29) is 5.91 Å². The number of pyridine rings is 2. The van der Waals surface area contributed by atoms with Crippen LogP contribution in [0.15, 0.2) is 61.2 Å². The van der Waals surface area contributed by atoms with Crippen LogP contribution in [0.25, 0.3) is 0 Å². The Labute approximate surface area is 155 Å². The maximum Gasteiger partial charge on any atom is 0.257 e. The summed E-state index contributed by atoms with van der Waals surface area (Å²) in [7, 11) is 0. The first-order valence-electron chi connectivity index (χ1n) is 7.46. The highest BCUT2D eigenvalue weighted by atomic mass is 35.5. The first-order chi connectivity index (χ1) is 12.1. The molecule has 25 heavy (non-hydrogen) atoms. The maximum absolute atomic E-state index is 12.4. The Hall–Kier alpha value is -2.63. The number of anilines is 2. The summed E-state index contributed by atoms with van der Waals surface area (Å²) < 4.78 is 0. The molecule has 0 fully saturated rings. The zero-order valence-electron chi connectivity index (χ0n) is 13.0. The Balaban J connectivity index is 1.70. The summed E-state index contributed by atoms with van der Waals surface area (Å²) in [5.41, 5.74) is 2.68. The SMILES string of the molecule is O=C(Nc1cccc(Cl)c1Cl)c1cncc(NCc2ccncc2)c1. The average molecular weight is 373 g/mol. The number of carbonyl (C=O) groups is 1. The Morgan fingerprint density at radius 2 is 1.84 bits per heavy atom. The van der Waals surface area contributed by atoms with Gasteiger partial charge in [0.1, 0.15) is 0 Å². The smallest absolute Gasteiger partial charge is 0.257 e. The first kappa shape index (κ1) is 17.2. The highest BCUT2D eigenvalue weighted by Crippen LogP contribution is 2.29. The van der Waals surface area contributed by atoms with Crippen molar-refractivity contribution >= 4 is 40.5 Å². The standard InChI is InChI=1S/C18H14Cl2N4O/c19-15-2-1-3-16(17(15)20)24-18(25)13-8-14(11-22-10-13)23-9-12-4-6-21-7-5-12/h1-8,10-11,23H,9H2,(H,24,25). The molecule has 1 amide bonds. The minimum Gasteiger partial charge on any atom is -0.380 e. The number of carbonyl (C=O) groups excluding carboxylic acids is 1. The quantitative estimate of drug-likeness (QED) is 0.683. The summed E-state index contributed by atoms with van der Waals surface area (Å²) in [5.74, 6) is -0.316. The molecule has 0 aliphatic rings. The van der Waals surface area contributed by atoms with E-state index in [1.807, 2.05) is 12.1 Å². The van der Waals surface area contributed by atoms with E-state index >= 15 is 0 Å². The summed E-state index contributed by atoms with van der Waals surface area (Å²) in [6.45, 7) is 0.607. The van der Waals surface area contributed by atoms with Gasteiger partial charge in [-0.2, -0.15) is 0 Å². The molecule has 0 aliphatic carbocycles. The van der Waals surface area contributed by atoms with Gasteiger partial charge < -0.3 is 10.6 Å². The van der Waals surface area contributed by atoms with E-state index in [2.05, 4.69) is 20.6 Å². The number of hydrogen-bond donors (Lipinski definition) is 2. The molecule has 0 bridgehead atoms. The Morgan fingerprint density at radius 1 is 1.04 bits per heavy atom. The number of nitrogens with one attached hydrogen (secondary N) is 2. The van der Waals surface area contributed by atoms with Crippen molar-refractivity contribution in [1.82, 2.24) is 9.97 Å². The van der Waals surface area contributed by atoms with Gasteiger partial charge in [-0.1, -0.05) is 29.3 Å². The molecule has 0 atom stereocenters. The highest BCUT2D eigenvalue weighted by Gasteiger charge is 2.11. The molecule has 1 aromatic carbocycles. The molecule has 5 nitrogen and oxygen atoms in total. The van der Waals surface area contributed by atoms with E-state index in [4.69, 9.17) is 23.2 Å². The average Bonchev–Trinajstić information content (AvgIpc) is 2.65. The fourth-order valence-electron chi connectivity index (χ4n) is 2.16. The fraction of sp³-hybridized carbons (Fsp3) is 0.0556. The summed E-state index contributed by atoms with van der Waals surface area (Å²) in [6, 6.07) is 10.6. The number of nitrogens with zero attached hydrogens (tertiary/aromatic N) is 2. The monoisotopic (exact) mass is 372 g/mol. The van der Waals surface area contributed by atoms with E-state index < -0.39 is 0 Å². The Kier molecular flexibility index (Phi) is 5.48.